The molecule has 2 aliphatic carbocycles. The zero-order valence-electron chi connectivity index (χ0n) is 12.7. The molecule has 0 unspecified atom stereocenters. The molecule has 0 radical (unpaired) electrons. The second-order valence-corrected chi connectivity index (χ2v) is 6.57. The fraction of sp³-hybridized carbons (Fsp3) is 0.611. The Balaban J connectivity index is 2.01. The lowest BCUT2D eigenvalue weighted by molar-refractivity contribution is -0.143. The standard InChI is InChI=1S/C18H24O3/c1-13-7-6-10-15(21-14-8-2-3-9-14)16(13)18(17(19)20)11-4-5-12-18/h6-7,10,14H,2-5,8-9,11-12H2,1H3,(H,19,20). The minimum Gasteiger partial charge on any atom is -0.490 e. The largest absolute Gasteiger partial charge is 0.490 e. The summed E-state index contributed by atoms with van der Waals surface area (Å²) >= 11 is 0. The van der Waals surface area contributed by atoms with Gasteiger partial charge in [0.25, 0.3) is 0 Å². The highest BCUT2D eigenvalue weighted by Crippen LogP contribution is 2.47. The van der Waals surface area contributed by atoms with Crippen LogP contribution in [0.3, 0.4) is 0 Å². The predicted molar refractivity (Wildman–Crippen MR) is 81.8 cm³/mol. The van der Waals surface area contributed by atoms with Crippen molar-refractivity contribution in [1.29, 1.82) is 0 Å². The highest BCUT2D eigenvalue weighted by atomic mass is 16.5. The zero-order valence-corrected chi connectivity index (χ0v) is 12.7. The maximum atomic E-state index is 12.0. The number of benzene rings is 1. The van der Waals surface area contributed by atoms with Crippen LogP contribution in [0.4, 0.5) is 0 Å². The molecule has 0 saturated heterocycles. The fourth-order valence-corrected chi connectivity index (χ4v) is 4.09. The van der Waals surface area contributed by atoms with E-state index in [1.165, 1.54) is 12.8 Å². The Morgan fingerprint density at radius 2 is 1.86 bits per heavy atom. The van der Waals surface area contributed by atoms with Crippen LogP contribution in [0.5, 0.6) is 5.75 Å². The Bertz CT molecular complexity index is 523. The van der Waals surface area contributed by atoms with Crippen molar-refractivity contribution in [3.63, 3.8) is 0 Å². The molecule has 2 saturated carbocycles. The molecule has 1 aromatic rings. The number of carboxylic acids is 1. The van der Waals surface area contributed by atoms with E-state index >= 15 is 0 Å². The van der Waals surface area contributed by atoms with Crippen LogP contribution in [0, 0.1) is 6.92 Å². The first-order chi connectivity index (χ1) is 10.1. The van der Waals surface area contributed by atoms with Crippen molar-refractivity contribution in [2.24, 2.45) is 0 Å². The van der Waals surface area contributed by atoms with Gasteiger partial charge in [-0.2, -0.15) is 0 Å². The molecular weight excluding hydrogens is 264 g/mol. The van der Waals surface area contributed by atoms with Gasteiger partial charge in [-0.15, -0.1) is 0 Å². The second kappa shape index (κ2) is 5.70. The molecule has 0 spiro atoms. The molecule has 2 fully saturated rings. The number of carbonyl (C=O) groups is 1. The molecule has 3 heteroatoms. The normalized spacial score (nSPS) is 21.6. The molecule has 0 atom stereocenters. The van der Waals surface area contributed by atoms with Gasteiger partial charge in [0.2, 0.25) is 0 Å². The molecule has 21 heavy (non-hydrogen) atoms. The van der Waals surface area contributed by atoms with E-state index < -0.39 is 11.4 Å². The lowest BCUT2D eigenvalue weighted by Crippen LogP contribution is -2.34. The molecule has 3 nitrogen and oxygen atoms in total. The van der Waals surface area contributed by atoms with Crippen molar-refractivity contribution in [3.8, 4) is 5.75 Å². The third-order valence-electron chi connectivity index (χ3n) is 5.18. The maximum absolute atomic E-state index is 12.0. The van der Waals surface area contributed by atoms with Crippen LogP contribution in [-0.4, -0.2) is 17.2 Å². The lowest BCUT2D eigenvalue weighted by atomic mass is 9.76. The Kier molecular flexibility index (Phi) is 3.92. The van der Waals surface area contributed by atoms with E-state index in [1.54, 1.807) is 0 Å². The van der Waals surface area contributed by atoms with Crippen LogP contribution in [0.2, 0.25) is 0 Å². The average Bonchev–Trinajstić information content (AvgIpc) is 3.10. The predicted octanol–water partition coefficient (Wildman–Crippen LogP) is 4.21. The number of hydrogen-bond donors (Lipinski definition) is 1. The third-order valence-corrected chi connectivity index (χ3v) is 5.18. The smallest absolute Gasteiger partial charge is 0.314 e. The molecule has 114 valence electrons. The lowest BCUT2D eigenvalue weighted by Gasteiger charge is -2.29. The van der Waals surface area contributed by atoms with E-state index in [-0.39, 0.29) is 6.10 Å². The van der Waals surface area contributed by atoms with Gasteiger partial charge in [0.1, 0.15) is 5.75 Å². The van der Waals surface area contributed by atoms with Gasteiger partial charge in [-0.25, -0.2) is 0 Å². The first kappa shape index (κ1) is 14.4. The Morgan fingerprint density at radius 1 is 1.19 bits per heavy atom. The van der Waals surface area contributed by atoms with Crippen LogP contribution in [0.15, 0.2) is 18.2 Å². The molecule has 0 aliphatic heterocycles. The summed E-state index contributed by atoms with van der Waals surface area (Å²) in [6, 6.07) is 5.96. The molecule has 0 heterocycles. The van der Waals surface area contributed by atoms with Crippen LogP contribution >= 0.6 is 0 Å². The topological polar surface area (TPSA) is 46.5 Å². The van der Waals surface area contributed by atoms with E-state index in [0.29, 0.717) is 0 Å². The van der Waals surface area contributed by atoms with Gasteiger partial charge in [-0.1, -0.05) is 25.0 Å². The van der Waals surface area contributed by atoms with Crippen molar-refractivity contribution in [3.05, 3.63) is 29.3 Å². The van der Waals surface area contributed by atoms with Gasteiger partial charge in [0, 0.05) is 5.56 Å². The summed E-state index contributed by atoms with van der Waals surface area (Å²) in [7, 11) is 0. The molecule has 0 aromatic heterocycles. The molecule has 1 aromatic carbocycles. The van der Waals surface area contributed by atoms with Gasteiger partial charge in [-0.05, 0) is 57.1 Å². The number of rotatable bonds is 4. The molecule has 2 aliphatic rings. The Labute approximate surface area is 126 Å². The monoisotopic (exact) mass is 288 g/mol. The average molecular weight is 288 g/mol. The second-order valence-electron chi connectivity index (χ2n) is 6.57. The molecule has 3 rings (SSSR count). The van der Waals surface area contributed by atoms with Gasteiger partial charge < -0.3 is 9.84 Å². The van der Waals surface area contributed by atoms with Crippen LogP contribution in [-0.2, 0) is 10.2 Å². The maximum Gasteiger partial charge on any atom is 0.314 e. The van der Waals surface area contributed by atoms with E-state index in [0.717, 1.165) is 55.4 Å². The Morgan fingerprint density at radius 3 is 2.48 bits per heavy atom. The van der Waals surface area contributed by atoms with Crippen molar-refractivity contribution < 1.29 is 14.6 Å². The number of hydrogen-bond acceptors (Lipinski definition) is 2. The van der Waals surface area contributed by atoms with Crippen LogP contribution < -0.4 is 4.74 Å². The summed E-state index contributed by atoms with van der Waals surface area (Å²) in [5, 5.41) is 9.87. The minimum atomic E-state index is -0.737. The number of aryl methyl sites for hydroxylation is 1. The number of ether oxygens (including phenoxy) is 1. The molecule has 1 N–H and O–H groups in total. The third kappa shape index (κ3) is 2.54. The first-order valence-corrected chi connectivity index (χ1v) is 8.14. The minimum absolute atomic E-state index is 0.262. The number of carboxylic acid groups (broad SMARTS) is 1. The van der Waals surface area contributed by atoms with Gasteiger partial charge in [-0.3, -0.25) is 4.79 Å². The van der Waals surface area contributed by atoms with Crippen LogP contribution in [0.1, 0.15) is 62.5 Å². The summed E-state index contributed by atoms with van der Waals surface area (Å²) < 4.78 is 6.21. The first-order valence-electron chi connectivity index (χ1n) is 8.14. The SMILES string of the molecule is Cc1cccc(OC2CCCC2)c1C1(C(=O)O)CCCC1. The van der Waals surface area contributed by atoms with Crippen LogP contribution in [0.25, 0.3) is 0 Å². The molecular formula is C18H24O3. The van der Waals surface area contributed by atoms with E-state index in [9.17, 15) is 9.90 Å². The summed E-state index contributed by atoms with van der Waals surface area (Å²) in [6.07, 6.45) is 8.32. The summed E-state index contributed by atoms with van der Waals surface area (Å²) in [5.74, 6) is 0.122. The van der Waals surface area contributed by atoms with Crippen molar-refractivity contribution in [2.75, 3.05) is 0 Å². The highest BCUT2D eigenvalue weighted by Gasteiger charge is 2.45. The van der Waals surface area contributed by atoms with E-state index in [1.807, 2.05) is 25.1 Å². The van der Waals surface area contributed by atoms with E-state index in [2.05, 4.69) is 0 Å². The van der Waals surface area contributed by atoms with Gasteiger partial charge in [0.15, 0.2) is 0 Å². The van der Waals surface area contributed by atoms with Gasteiger partial charge in [0.05, 0.1) is 11.5 Å². The molecule has 0 amide bonds. The van der Waals surface area contributed by atoms with Crippen molar-refractivity contribution in [1.82, 2.24) is 0 Å². The zero-order chi connectivity index (χ0) is 14.9. The van der Waals surface area contributed by atoms with Crippen molar-refractivity contribution >= 4 is 5.97 Å². The van der Waals surface area contributed by atoms with Gasteiger partial charge >= 0.3 is 5.97 Å². The number of aliphatic carboxylic acids is 1. The van der Waals surface area contributed by atoms with Crippen molar-refractivity contribution in [2.45, 2.75) is 69.8 Å². The Hall–Kier alpha value is -1.51. The summed E-state index contributed by atoms with van der Waals surface area (Å²) in [6.45, 7) is 2.01. The summed E-state index contributed by atoms with van der Waals surface area (Å²) in [5.41, 5.74) is 1.25. The quantitative estimate of drug-likeness (QED) is 0.902. The highest BCUT2D eigenvalue weighted by molar-refractivity contribution is 5.83. The van der Waals surface area contributed by atoms with E-state index in [4.69, 9.17) is 4.74 Å². The summed E-state index contributed by atoms with van der Waals surface area (Å²) in [4.78, 5) is 12.0. The fourth-order valence-electron chi connectivity index (χ4n) is 4.09. The molecule has 0 bridgehead atoms.